The van der Waals surface area contributed by atoms with Crippen LogP contribution in [0.2, 0.25) is 0 Å². The molecule has 0 radical (unpaired) electrons. The van der Waals surface area contributed by atoms with Crippen molar-refractivity contribution in [3.63, 3.8) is 0 Å². The second-order valence-corrected chi connectivity index (χ2v) is 6.02. The highest BCUT2D eigenvalue weighted by Crippen LogP contribution is 2.28. The van der Waals surface area contributed by atoms with Gasteiger partial charge in [-0.1, -0.05) is 39.0 Å². The van der Waals surface area contributed by atoms with Crippen molar-refractivity contribution in [2.75, 3.05) is 11.1 Å². The van der Waals surface area contributed by atoms with E-state index in [1.165, 1.54) is 12.1 Å². The molecule has 0 spiro atoms. The normalized spacial score (nSPS) is 11.2. The van der Waals surface area contributed by atoms with E-state index >= 15 is 0 Å². The number of amides is 1. The van der Waals surface area contributed by atoms with E-state index in [0.29, 0.717) is 16.9 Å². The van der Waals surface area contributed by atoms with Gasteiger partial charge in [0.25, 0.3) is 5.91 Å². The van der Waals surface area contributed by atoms with Crippen molar-refractivity contribution in [3.05, 3.63) is 53.6 Å². The Morgan fingerprint density at radius 1 is 1.14 bits per heavy atom. The number of aromatic hydroxyl groups is 1. The van der Waals surface area contributed by atoms with Gasteiger partial charge in [0.1, 0.15) is 5.75 Å². The maximum Gasteiger partial charge on any atom is 0.256 e. The molecule has 0 saturated heterocycles. The van der Waals surface area contributed by atoms with Gasteiger partial charge in [-0.15, -0.1) is 0 Å². The summed E-state index contributed by atoms with van der Waals surface area (Å²) in [7, 11) is 0. The van der Waals surface area contributed by atoms with Gasteiger partial charge in [0, 0.05) is 11.6 Å². The fourth-order valence-corrected chi connectivity index (χ4v) is 2.19. The average Bonchev–Trinajstić information content (AvgIpc) is 2.41. The van der Waals surface area contributed by atoms with E-state index in [1.54, 1.807) is 12.1 Å². The Kier molecular flexibility index (Phi) is 3.89. The molecule has 0 aliphatic rings. The van der Waals surface area contributed by atoms with Gasteiger partial charge in [-0.3, -0.25) is 4.79 Å². The Morgan fingerprint density at radius 3 is 2.43 bits per heavy atom. The number of hydrogen-bond acceptors (Lipinski definition) is 3. The van der Waals surface area contributed by atoms with Crippen molar-refractivity contribution in [2.45, 2.75) is 26.2 Å². The first kappa shape index (κ1) is 14.9. The number of nitrogens with one attached hydrogen (secondary N) is 1. The molecule has 0 aromatic heterocycles. The highest BCUT2D eigenvalue weighted by Gasteiger charge is 2.21. The lowest BCUT2D eigenvalue weighted by Gasteiger charge is -2.22. The van der Waals surface area contributed by atoms with E-state index in [4.69, 9.17) is 5.73 Å². The lowest BCUT2D eigenvalue weighted by Crippen LogP contribution is -2.21. The Balaban J connectivity index is 2.33. The van der Waals surface area contributed by atoms with Crippen LogP contribution in [0.5, 0.6) is 5.75 Å². The molecule has 110 valence electrons. The number of carbonyl (C=O) groups is 1. The van der Waals surface area contributed by atoms with E-state index in [-0.39, 0.29) is 17.1 Å². The Morgan fingerprint density at radius 2 is 1.81 bits per heavy atom. The first-order valence-corrected chi connectivity index (χ1v) is 6.78. The molecule has 0 fully saturated rings. The number of phenols is 1. The fraction of sp³-hybridized carbons (Fsp3) is 0.235. The Hall–Kier alpha value is -2.49. The molecular weight excluding hydrogens is 264 g/mol. The third kappa shape index (κ3) is 3.34. The molecule has 2 aromatic carbocycles. The summed E-state index contributed by atoms with van der Waals surface area (Å²) in [6.07, 6.45) is 0. The van der Waals surface area contributed by atoms with E-state index in [0.717, 1.165) is 5.56 Å². The summed E-state index contributed by atoms with van der Waals surface area (Å²) in [5.41, 5.74) is 8.08. The minimum absolute atomic E-state index is 0.0700. The van der Waals surface area contributed by atoms with Crippen LogP contribution in [0.15, 0.2) is 42.5 Å². The molecule has 0 aliphatic heterocycles. The summed E-state index contributed by atoms with van der Waals surface area (Å²) >= 11 is 0. The largest absolute Gasteiger partial charge is 0.508 e. The number of nitrogens with two attached hydrogens (primary N) is 1. The number of nitrogen functional groups attached to an aromatic ring is 1. The van der Waals surface area contributed by atoms with Gasteiger partial charge < -0.3 is 16.2 Å². The molecule has 2 aromatic rings. The van der Waals surface area contributed by atoms with Crippen LogP contribution in [0.3, 0.4) is 0 Å². The van der Waals surface area contributed by atoms with Crippen molar-refractivity contribution in [1.82, 2.24) is 0 Å². The predicted octanol–water partition coefficient (Wildman–Crippen LogP) is 3.52. The van der Waals surface area contributed by atoms with Crippen LogP contribution >= 0.6 is 0 Å². The zero-order valence-electron chi connectivity index (χ0n) is 12.5. The van der Waals surface area contributed by atoms with Crippen LogP contribution < -0.4 is 11.1 Å². The Bertz CT molecular complexity index is 673. The van der Waals surface area contributed by atoms with Crippen LogP contribution in [0.4, 0.5) is 11.4 Å². The molecule has 4 heteroatoms. The van der Waals surface area contributed by atoms with Gasteiger partial charge in [-0.25, -0.2) is 0 Å². The zero-order chi connectivity index (χ0) is 15.6. The molecule has 0 unspecified atom stereocenters. The number of carbonyl (C=O) groups excluding carboxylic acids is 1. The summed E-state index contributed by atoms with van der Waals surface area (Å²) in [4.78, 5) is 12.5. The van der Waals surface area contributed by atoms with Crippen LogP contribution in [0.1, 0.15) is 36.7 Å². The van der Waals surface area contributed by atoms with Crippen LogP contribution in [0, 0.1) is 0 Å². The van der Waals surface area contributed by atoms with Crippen LogP contribution in [0.25, 0.3) is 0 Å². The van der Waals surface area contributed by atoms with Gasteiger partial charge in [0.2, 0.25) is 0 Å². The van der Waals surface area contributed by atoms with Gasteiger partial charge in [0.05, 0.1) is 11.4 Å². The van der Waals surface area contributed by atoms with Crippen molar-refractivity contribution >= 4 is 17.3 Å². The number of benzene rings is 2. The van der Waals surface area contributed by atoms with E-state index < -0.39 is 0 Å². The highest BCUT2D eigenvalue weighted by atomic mass is 16.3. The smallest absolute Gasteiger partial charge is 0.256 e. The maximum absolute atomic E-state index is 12.5. The molecule has 0 heterocycles. The summed E-state index contributed by atoms with van der Waals surface area (Å²) in [5, 5.41) is 12.1. The highest BCUT2D eigenvalue weighted by molar-refractivity contribution is 6.07. The molecule has 21 heavy (non-hydrogen) atoms. The molecular formula is C17H20N2O2. The van der Waals surface area contributed by atoms with Crippen molar-refractivity contribution in [3.8, 4) is 5.75 Å². The molecule has 4 nitrogen and oxygen atoms in total. The van der Waals surface area contributed by atoms with Gasteiger partial charge in [-0.05, 0) is 29.2 Å². The lowest BCUT2D eigenvalue weighted by molar-refractivity contribution is 0.102. The van der Waals surface area contributed by atoms with Gasteiger partial charge in [0.15, 0.2) is 0 Å². The summed E-state index contributed by atoms with van der Waals surface area (Å²) < 4.78 is 0. The van der Waals surface area contributed by atoms with E-state index in [1.807, 2.05) is 18.2 Å². The molecule has 2 rings (SSSR count). The minimum Gasteiger partial charge on any atom is -0.508 e. The monoisotopic (exact) mass is 284 g/mol. The standard InChI is InChI=1S/C17H20N2O2/c1-17(2,3)13-7-5-4-6-12(13)16(21)19-15-9-8-11(20)10-14(15)18/h4-10,20H,18H2,1-3H3,(H,19,21). The average molecular weight is 284 g/mol. The third-order valence-electron chi connectivity index (χ3n) is 3.26. The molecule has 0 aliphatic carbocycles. The van der Waals surface area contributed by atoms with Crippen LogP contribution in [-0.4, -0.2) is 11.0 Å². The summed E-state index contributed by atoms with van der Waals surface area (Å²) in [6.45, 7) is 6.19. The molecule has 1 amide bonds. The molecule has 4 N–H and O–H groups in total. The SMILES string of the molecule is CC(C)(C)c1ccccc1C(=O)Nc1ccc(O)cc1N. The number of rotatable bonds is 2. The molecule has 0 bridgehead atoms. The topological polar surface area (TPSA) is 75.3 Å². The Labute approximate surface area is 124 Å². The fourth-order valence-electron chi connectivity index (χ4n) is 2.19. The van der Waals surface area contributed by atoms with Crippen LogP contribution in [-0.2, 0) is 5.41 Å². The van der Waals surface area contributed by atoms with Crippen molar-refractivity contribution < 1.29 is 9.90 Å². The zero-order valence-corrected chi connectivity index (χ0v) is 12.5. The second kappa shape index (κ2) is 5.48. The number of phenolic OH excluding ortho intramolecular Hbond substituents is 1. The van der Waals surface area contributed by atoms with Gasteiger partial charge in [-0.2, -0.15) is 0 Å². The van der Waals surface area contributed by atoms with E-state index in [9.17, 15) is 9.90 Å². The molecule has 0 atom stereocenters. The third-order valence-corrected chi connectivity index (χ3v) is 3.26. The first-order valence-electron chi connectivity index (χ1n) is 6.78. The number of hydrogen-bond donors (Lipinski definition) is 3. The molecule has 0 saturated carbocycles. The first-order chi connectivity index (χ1) is 9.79. The van der Waals surface area contributed by atoms with E-state index in [2.05, 4.69) is 26.1 Å². The predicted molar refractivity (Wildman–Crippen MR) is 85.6 cm³/mol. The van der Waals surface area contributed by atoms with Crippen molar-refractivity contribution in [2.24, 2.45) is 0 Å². The minimum atomic E-state index is -0.210. The van der Waals surface area contributed by atoms with Gasteiger partial charge >= 0.3 is 0 Å². The van der Waals surface area contributed by atoms with Crippen molar-refractivity contribution in [1.29, 1.82) is 0 Å². The summed E-state index contributed by atoms with van der Waals surface area (Å²) in [6, 6.07) is 12.0. The lowest BCUT2D eigenvalue weighted by atomic mass is 9.83. The summed E-state index contributed by atoms with van der Waals surface area (Å²) in [5.74, 6) is -0.140. The maximum atomic E-state index is 12.5. The number of anilines is 2. The second-order valence-electron chi connectivity index (χ2n) is 6.02. The quantitative estimate of drug-likeness (QED) is 0.583.